The van der Waals surface area contributed by atoms with Crippen LogP contribution >= 0.6 is 0 Å². The molecule has 0 spiro atoms. The second-order valence-electron chi connectivity index (χ2n) is 5.27. The zero-order valence-electron chi connectivity index (χ0n) is 13.7. The summed E-state index contributed by atoms with van der Waals surface area (Å²) in [5, 5.41) is 0. The summed E-state index contributed by atoms with van der Waals surface area (Å²) in [7, 11) is -0.490. The Hall–Kier alpha value is -2.05. The second-order valence-corrected chi connectivity index (χ2v) is 7.01. The summed E-state index contributed by atoms with van der Waals surface area (Å²) >= 11 is 0. The molecular weight excluding hydrogens is 314 g/mol. The molecule has 124 valence electrons. The van der Waals surface area contributed by atoms with Crippen molar-refractivity contribution in [2.75, 3.05) is 14.2 Å². The van der Waals surface area contributed by atoms with E-state index >= 15 is 0 Å². The third kappa shape index (κ3) is 4.03. The summed E-state index contributed by atoms with van der Waals surface area (Å²) in [5.74, 6) is 1.25. The molecule has 0 aliphatic carbocycles. The Balaban J connectivity index is 2.25. The Morgan fingerprint density at radius 3 is 2.35 bits per heavy atom. The van der Waals surface area contributed by atoms with Crippen molar-refractivity contribution in [3.63, 3.8) is 0 Å². The summed E-state index contributed by atoms with van der Waals surface area (Å²) in [5.41, 5.74) is 2.45. The van der Waals surface area contributed by atoms with Crippen LogP contribution in [0.1, 0.15) is 16.7 Å². The lowest BCUT2D eigenvalue weighted by Gasteiger charge is -2.13. The van der Waals surface area contributed by atoms with Crippen LogP contribution in [0.4, 0.5) is 0 Å². The van der Waals surface area contributed by atoms with Crippen molar-refractivity contribution < 1.29 is 17.9 Å². The third-order valence-corrected chi connectivity index (χ3v) is 5.12. The van der Waals surface area contributed by atoms with E-state index in [1.807, 2.05) is 13.0 Å². The van der Waals surface area contributed by atoms with Crippen LogP contribution in [0.2, 0.25) is 0 Å². The van der Waals surface area contributed by atoms with Gasteiger partial charge in [0.05, 0.1) is 19.1 Å². The van der Waals surface area contributed by atoms with E-state index in [2.05, 4.69) is 4.72 Å². The summed E-state index contributed by atoms with van der Waals surface area (Å²) in [6, 6.07) is 10.5. The van der Waals surface area contributed by atoms with Gasteiger partial charge in [0, 0.05) is 12.1 Å². The first-order chi connectivity index (χ1) is 10.9. The van der Waals surface area contributed by atoms with E-state index in [-0.39, 0.29) is 11.4 Å². The van der Waals surface area contributed by atoms with E-state index in [9.17, 15) is 8.42 Å². The molecule has 0 amide bonds. The molecule has 6 heteroatoms. The van der Waals surface area contributed by atoms with Crippen LogP contribution in [0.15, 0.2) is 41.3 Å². The van der Waals surface area contributed by atoms with Crippen LogP contribution in [-0.4, -0.2) is 22.6 Å². The number of methoxy groups -OCH3 is 2. The van der Waals surface area contributed by atoms with Crippen molar-refractivity contribution in [1.82, 2.24) is 4.72 Å². The van der Waals surface area contributed by atoms with Gasteiger partial charge in [-0.05, 0) is 43.7 Å². The SMILES string of the molecule is COc1ccc(OC)c(CNS(=O)(=O)c2ccc(C)cc2C)c1. The van der Waals surface area contributed by atoms with E-state index in [0.29, 0.717) is 17.1 Å². The van der Waals surface area contributed by atoms with Gasteiger partial charge < -0.3 is 9.47 Å². The van der Waals surface area contributed by atoms with Crippen molar-refractivity contribution in [2.45, 2.75) is 25.3 Å². The average Bonchev–Trinajstić information content (AvgIpc) is 2.52. The van der Waals surface area contributed by atoms with E-state index in [4.69, 9.17) is 9.47 Å². The first-order valence-electron chi connectivity index (χ1n) is 7.15. The molecule has 0 bridgehead atoms. The number of nitrogens with one attached hydrogen (secondary N) is 1. The lowest BCUT2D eigenvalue weighted by atomic mass is 10.2. The molecule has 2 aromatic carbocycles. The molecule has 0 aliphatic rings. The first kappa shape index (κ1) is 17.3. The topological polar surface area (TPSA) is 64.6 Å². The molecule has 1 N–H and O–H groups in total. The number of hydrogen-bond acceptors (Lipinski definition) is 4. The number of rotatable bonds is 6. The fourth-order valence-electron chi connectivity index (χ4n) is 2.37. The Kier molecular flexibility index (Phi) is 5.28. The Labute approximate surface area is 137 Å². The molecule has 0 unspecified atom stereocenters. The molecule has 0 saturated heterocycles. The molecule has 0 radical (unpaired) electrons. The number of sulfonamides is 1. The predicted octanol–water partition coefficient (Wildman–Crippen LogP) is 2.80. The average molecular weight is 335 g/mol. The number of benzene rings is 2. The molecule has 2 aromatic rings. The molecule has 0 fully saturated rings. The van der Waals surface area contributed by atoms with Gasteiger partial charge in [0.15, 0.2) is 0 Å². The van der Waals surface area contributed by atoms with Gasteiger partial charge in [0.2, 0.25) is 10.0 Å². The highest BCUT2D eigenvalue weighted by atomic mass is 32.2. The van der Waals surface area contributed by atoms with Gasteiger partial charge in [0.1, 0.15) is 11.5 Å². The number of hydrogen-bond donors (Lipinski definition) is 1. The van der Waals surface area contributed by atoms with E-state index < -0.39 is 10.0 Å². The third-order valence-electron chi connectivity index (χ3n) is 3.56. The summed E-state index contributed by atoms with van der Waals surface area (Å²) in [6.07, 6.45) is 0. The predicted molar refractivity (Wildman–Crippen MR) is 89.5 cm³/mol. The van der Waals surface area contributed by atoms with Crippen LogP contribution in [0.3, 0.4) is 0 Å². The van der Waals surface area contributed by atoms with E-state index in [1.54, 1.807) is 51.5 Å². The Bertz CT molecular complexity index is 800. The second kappa shape index (κ2) is 7.02. The van der Waals surface area contributed by atoms with E-state index in [1.165, 1.54) is 0 Å². The van der Waals surface area contributed by atoms with Crippen LogP contribution in [0.5, 0.6) is 11.5 Å². The van der Waals surface area contributed by atoms with Crippen molar-refractivity contribution >= 4 is 10.0 Å². The molecule has 0 aliphatic heterocycles. The molecule has 5 nitrogen and oxygen atoms in total. The maximum absolute atomic E-state index is 12.5. The van der Waals surface area contributed by atoms with Crippen LogP contribution < -0.4 is 14.2 Å². The maximum atomic E-state index is 12.5. The molecule has 0 atom stereocenters. The standard InChI is InChI=1S/C17H21NO4S/c1-12-5-8-17(13(2)9-12)23(19,20)18-11-14-10-15(21-3)6-7-16(14)22-4/h5-10,18H,11H2,1-4H3. The quantitative estimate of drug-likeness (QED) is 0.882. The summed E-state index contributed by atoms with van der Waals surface area (Å²) in [4.78, 5) is 0.282. The van der Waals surface area contributed by atoms with Gasteiger partial charge in [-0.2, -0.15) is 0 Å². The smallest absolute Gasteiger partial charge is 0.241 e. The summed E-state index contributed by atoms with van der Waals surface area (Å²) < 4.78 is 38.1. The number of aryl methyl sites for hydroxylation is 2. The monoisotopic (exact) mass is 335 g/mol. The highest BCUT2D eigenvalue weighted by molar-refractivity contribution is 7.89. The largest absolute Gasteiger partial charge is 0.497 e. The van der Waals surface area contributed by atoms with Gasteiger partial charge in [-0.25, -0.2) is 13.1 Å². The van der Waals surface area contributed by atoms with Crippen LogP contribution in [-0.2, 0) is 16.6 Å². The molecule has 0 saturated carbocycles. The van der Waals surface area contributed by atoms with Crippen molar-refractivity contribution in [3.8, 4) is 11.5 Å². The van der Waals surface area contributed by atoms with Gasteiger partial charge >= 0.3 is 0 Å². The van der Waals surface area contributed by atoms with Crippen LogP contribution in [0, 0.1) is 13.8 Å². The zero-order valence-corrected chi connectivity index (χ0v) is 14.5. The number of ether oxygens (including phenoxy) is 2. The normalized spacial score (nSPS) is 11.3. The molecule has 23 heavy (non-hydrogen) atoms. The minimum absolute atomic E-state index is 0.121. The van der Waals surface area contributed by atoms with Gasteiger partial charge in [-0.1, -0.05) is 17.7 Å². The van der Waals surface area contributed by atoms with Crippen molar-refractivity contribution in [2.24, 2.45) is 0 Å². The van der Waals surface area contributed by atoms with Gasteiger partial charge in [0.25, 0.3) is 0 Å². The van der Waals surface area contributed by atoms with Gasteiger partial charge in [-0.3, -0.25) is 0 Å². The van der Waals surface area contributed by atoms with E-state index in [0.717, 1.165) is 11.1 Å². The molecular formula is C17H21NO4S. The fourth-order valence-corrected chi connectivity index (χ4v) is 3.60. The molecule has 0 heterocycles. The van der Waals surface area contributed by atoms with Gasteiger partial charge in [-0.15, -0.1) is 0 Å². The minimum atomic E-state index is -3.60. The minimum Gasteiger partial charge on any atom is -0.497 e. The highest BCUT2D eigenvalue weighted by Crippen LogP contribution is 2.24. The lowest BCUT2D eigenvalue weighted by molar-refractivity contribution is 0.398. The first-order valence-corrected chi connectivity index (χ1v) is 8.63. The maximum Gasteiger partial charge on any atom is 0.241 e. The van der Waals surface area contributed by atoms with Crippen molar-refractivity contribution in [3.05, 3.63) is 53.1 Å². The fraction of sp³-hybridized carbons (Fsp3) is 0.294. The zero-order chi connectivity index (χ0) is 17.0. The Morgan fingerprint density at radius 1 is 1.00 bits per heavy atom. The van der Waals surface area contributed by atoms with Crippen LogP contribution in [0.25, 0.3) is 0 Å². The highest BCUT2D eigenvalue weighted by Gasteiger charge is 2.17. The lowest BCUT2D eigenvalue weighted by Crippen LogP contribution is -2.24. The summed E-state index contributed by atoms with van der Waals surface area (Å²) in [6.45, 7) is 3.83. The Morgan fingerprint density at radius 2 is 1.74 bits per heavy atom. The van der Waals surface area contributed by atoms with Crippen molar-refractivity contribution in [1.29, 1.82) is 0 Å². The molecule has 0 aromatic heterocycles. The molecule has 2 rings (SSSR count).